The van der Waals surface area contributed by atoms with Crippen molar-refractivity contribution in [1.29, 1.82) is 0 Å². The van der Waals surface area contributed by atoms with Crippen LogP contribution in [-0.2, 0) is 6.42 Å². The summed E-state index contributed by atoms with van der Waals surface area (Å²) in [6, 6.07) is 8.64. The highest BCUT2D eigenvalue weighted by atomic mass is 14.1. The summed E-state index contributed by atoms with van der Waals surface area (Å²) >= 11 is 0. The molecule has 0 aromatic heterocycles. The lowest BCUT2D eigenvalue weighted by atomic mass is 9.96. The van der Waals surface area contributed by atoms with Gasteiger partial charge in [-0.05, 0) is 43.9 Å². The van der Waals surface area contributed by atoms with Crippen LogP contribution < -0.4 is 0 Å². The lowest BCUT2D eigenvalue weighted by molar-refractivity contribution is 1.12. The van der Waals surface area contributed by atoms with E-state index >= 15 is 0 Å². The van der Waals surface area contributed by atoms with Gasteiger partial charge < -0.3 is 0 Å². The van der Waals surface area contributed by atoms with Crippen LogP contribution in [0.5, 0.6) is 0 Å². The molecule has 0 atom stereocenters. The van der Waals surface area contributed by atoms with Crippen LogP contribution in [0.1, 0.15) is 38.8 Å². The summed E-state index contributed by atoms with van der Waals surface area (Å²) in [6.45, 7) is 8.74. The summed E-state index contributed by atoms with van der Waals surface area (Å²) in [5.41, 5.74) is 5.67. The second-order valence-corrected chi connectivity index (χ2v) is 3.64. The predicted molar refractivity (Wildman–Crippen MR) is 59.8 cm³/mol. The van der Waals surface area contributed by atoms with Crippen molar-refractivity contribution in [1.82, 2.24) is 0 Å². The fraction of sp³-hybridized carbons (Fsp3) is 0.385. The predicted octanol–water partition coefficient (Wildman–Crippen LogP) is 4.06. The van der Waals surface area contributed by atoms with Gasteiger partial charge in [-0.15, -0.1) is 0 Å². The zero-order chi connectivity index (χ0) is 9.84. The Morgan fingerprint density at radius 1 is 1.08 bits per heavy atom. The van der Waals surface area contributed by atoms with Crippen molar-refractivity contribution >= 4 is 5.57 Å². The molecule has 0 fully saturated rings. The van der Waals surface area contributed by atoms with E-state index in [1.54, 1.807) is 0 Å². The van der Waals surface area contributed by atoms with E-state index in [1.165, 1.54) is 22.3 Å². The van der Waals surface area contributed by atoms with Crippen LogP contribution in [0.3, 0.4) is 0 Å². The van der Waals surface area contributed by atoms with Crippen LogP contribution in [0.15, 0.2) is 29.8 Å². The van der Waals surface area contributed by atoms with Crippen LogP contribution >= 0.6 is 0 Å². The van der Waals surface area contributed by atoms with Crippen molar-refractivity contribution in [3.05, 3.63) is 41.0 Å². The summed E-state index contributed by atoms with van der Waals surface area (Å²) in [5.74, 6) is 0. The first-order valence-corrected chi connectivity index (χ1v) is 4.89. The van der Waals surface area contributed by atoms with E-state index in [9.17, 15) is 0 Å². The Morgan fingerprint density at radius 2 is 1.69 bits per heavy atom. The monoisotopic (exact) mass is 174 g/mol. The zero-order valence-electron chi connectivity index (χ0n) is 9.02. The van der Waals surface area contributed by atoms with E-state index < -0.39 is 0 Å². The van der Waals surface area contributed by atoms with E-state index in [0.29, 0.717) is 0 Å². The van der Waals surface area contributed by atoms with Gasteiger partial charge in [-0.25, -0.2) is 0 Å². The molecule has 0 saturated carbocycles. The maximum Gasteiger partial charge on any atom is -0.0196 e. The lowest BCUT2D eigenvalue weighted by Gasteiger charge is -2.09. The average Bonchev–Trinajstić information content (AvgIpc) is 2.16. The standard InChI is InChI=1S/C13H18/c1-5-12-8-6-7-9-13(12)11(4)10(2)3/h6-9H,5H2,1-4H3. The molecule has 0 aliphatic carbocycles. The highest BCUT2D eigenvalue weighted by Crippen LogP contribution is 2.21. The molecule has 0 nitrogen and oxygen atoms in total. The van der Waals surface area contributed by atoms with Crippen LogP contribution in [-0.4, -0.2) is 0 Å². The third-order valence-electron chi connectivity index (χ3n) is 2.55. The SMILES string of the molecule is CCc1ccccc1C(C)=C(C)C. The summed E-state index contributed by atoms with van der Waals surface area (Å²) < 4.78 is 0. The molecule has 0 spiro atoms. The van der Waals surface area contributed by atoms with Gasteiger partial charge in [0.15, 0.2) is 0 Å². The van der Waals surface area contributed by atoms with Gasteiger partial charge >= 0.3 is 0 Å². The van der Waals surface area contributed by atoms with Crippen molar-refractivity contribution in [2.75, 3.05) is 0 Å². The highest BCUT2D eigenvalue weighted by Gasteiger charge is 2.01. The molecule has 1 aromatic carbocycles. The Kier molecular flexibility index (Phi) is 3.30. The van der Waals surface area contributed by atoms with Gasteiger partial charge in [0.05, 0.1) is 0 Å². The number of benzene rings is 1. The maximum absolute atomic E-state index is 2.21. The molecular weight excluding hydrogens is 156 g/mol. The molecule has 70 valence electrons. The molecule has 0 saturated heterocycles. The Balaban J connectivity index is 3.21. The van der Waals surface area contributed by atoms with Crippen LogP contribution in [0.2, 0.25) is 0 Å². The van der Waals surface area contributed by atoms with Crippen molar-refractivity contribution < 1.29 is 0 Å². The third-order valence-corrected chi connectivity index (χ3v) is 2.55. The molecule has 1 aromatic rings. The Bertz CT molecular complexity index is 315. The first-order chi connectivity index (χ1) is 6.16. The van der Waals surface area contributed by atoms with E-state index in [2.05, 4.69) is 52.0 Å². The van der Waals surface area contributed by atoms with Crippen LogP contribution in [0.4, 0.5) is 0 Å². The zero-order valence-corrected chi connectivity index (χ0v) is 9.02. The molecule has 0 aliphatic rings. The van der Waals surface area contributed by atoms with Crippen LogP contribution in [0, 0.1) is 0 Å². The van der Waals surface area contributed by atoms with Crippen molar-refractivity contribution in [3.8, 4) is 0 Å². The molecule has 0 aliphatic heterocycles. The molecule has 13 heavy (non-hydrogen) atoms. The Hall–Kier alpha value is -1.04. The van der Waals surface area contributed by atoms with E-state index in [0.717, 1.165) is 6.42 Å². The second-order valence-electron chi connectivity index (χ2n) is 3.64. The minimum atomic E-state index is 1.11. The number of allylic oxidation sites excluding steroid dienone is 2. The number of hydrogen-bond acceptors (Lipinski definition) is 0. The first kappa shape index (κ1) is 10.0. The second kappa shape index (κ2) is 4.27. The Morgan fingerprint density at radius 3 is 2.23 bits per heavy atom. The molecule has 0 bridgehead atoms. The van der Waals surface area contributed by atoms with Gasteiger partial charge in [-0.2, -0.15) is 0 Å². The molecule has 0 radical (unpaired) electrons. The largest absolute Gasteiger partial charge is 0.0729 e. The molecule has 0 unspecified atom stereocenters. The topological polar surface area (TPSA) is 0 Å². The van der Waals surface area contributed by atoms with Crippen molar-refractivity contribution in [2.45, 2.75) is 34.1 Å². The van der Waals surface area contributed by atoms with Crippen molar-refractivity contribution in [3.63, 3.8) is 0 Å². The number of rotatable bonds is 2. The average molecular weight is 174 g/mol. The molecule has 0 N–H and O–H groups in total. The van der Waals surface area contributed by atoms with Gasteiger partial charge in [0.25, 0.3) is 0 Å². The fourth-order valence-electron chi connectivity index (χ4n) is 1.46. The minimum Gasteiger partial charge on any atom is -0.0729 e. The third kappa shape index (κ3) is 2.21. The van der Waals surface area contributed by atoms with Gasteiger partial charge in [-0.3, -0.25) is 0 Å². The van der Waals surface area contributed by atoms with E-state index in [-0.39, 0.29) is 0 Å². The normalized spacial score (nSPS) is 9.85. The molecule has 0 heteroatoms. The Labute approximate surface area is 81.3 Å². The van der Waals surface area contributed by atoms with Crippen LogP contribution in [0.25, 0.3) is 5.57 Å². The van der Waals surface area contributed by atoms with Gasteiger partial charge in [-0.1, -0.05) is 36.8 Å². The highest BCUT2D eigenvalue weighted by molar-refractivity contribution is 5.68. The quantitative estimate of drug-likeness (QED) is 0.634. The van der Waals surface area contributed by atoms with Gasteiger partial charge in [0, 0.05) is 0 Å². The van der Waals surface area contributed by atoms with Crippen molar-refractivity contribution in [2.24, 2.45) is 0 Å². The number of aryl methyl sites for hydroxylation is 1. The number of hydrogen-bond donors (Lipinski definition) is 0. The molecular formula is C13H18. The molecule has 0 amide bonds. The smallest absolute Gasteiger partial charge is 0.0196 e. The summed E-state index contributed by atoms with van der Waals surface area (Å²) in [6.07, 6.45) is 1.11. The van der Waals surface area contributed by atoms with E-state index in [1.807, 2.05) is 0 Å². The summed E-state index contributed by atoms with van der Waals surface area (Å²) in [4.78, 5) is 0. The summed E-state index contributed by atoms with van der Waals surface area (Å²) in [5, 5.41) is 0. The minimum absolute atomic E-state index is 1.11. The van der Waals surface area contributed by atoms with Gasteiger partial charge in [0.1, 0.15) is 0 Å². The molecule has 0 heterocycles. The summed E-state index contributed by atoms with van der Waals surface area (Å²) in [7, 11) is 0. The lowest BCUT2D eigenvalue weighted by Crippen LogP contribution is -1.90. The maximum atomic E-state index is 2.21. The first-order valence-electron chi connectivity index (χ1n) is 4.89. The fourth-order valence-corrected chi connectivity index (χ4v) is 1.46. The van der Waals surface area contributed by atoms with E-state index in [4.69, 9.17) is 0 Å². The van der Waals surface area contributed by atoms with Gasteiger partial charge in [0.2, 0.25) is 0 Å². The molecule has 1 rings (SSSR count).